The Hall–Kier alpha value is -4.98. The van der Waals surface area contributed by atoms with Gasteiger partial charge in [0.2, 0.25) is 0 Å². The van der Waals surface area contributed by atoms with Gasteiger partial charge in [-0.15, -0.1) is 0 Å². The van der Waals surface area contributed by atoms with Crippen molar-refractivity contribution in [2.45, 2.75) is 0 Å². The summed E-state index contributed by atoms with van der Waals surface area (Å²) < 4.78 is 22.8. The van der Waals surface area contributed by atoms with E-state index in [9.17, 15) is 9.59 Å². The fourth-order valence-corrected chi connectivity index (χ4v) is 4.13. The van der Waals surface area contributed by atoms with Crippen LogP contribution in [0.4, 0.5) is 11.4 Å². The number of fused-ring (bicyclic) bond motifs is 2. The third-order valence-corrected chi connectivity index (χ3v) is 5.88. The first-order valence-electron chi connectivity index (χ1n) is 11.0. The monoisotopic (exact) mass is 482 g/mol. The highest BCUT2D eigenvalue weighted by atomic mass is 16.5. The number of nitrogens with two attached hydrogens (primary N) is 2. The summed E-state index contributed by atoms with van der Waals surface area (Å²) in [6.07, 6.45) is 0. The van der Waals surface area contributed by atoms with Gasteiger partial charge >= 0.3 is 0 Å². The van der Waals surface area contributed by atoms with E-state index >= 15 is 0 Å². The summed E-state index contributed by atoms with van der Waals surface area (Å²) in [6.45, 7) is 0. The normalized spacial score (nSPS) is 11.9. The molecule has 0 saturated heterocycles. The number of nitrogen functional groups attached to an aromatic ring is 2. The van der Waals surface area contributed by atoms with Crippen LogP contribution < -0.4 is 30.4 Å². The Morgan fingerprint density at radius 3 is 1.33 bits per heavy atom. The third kappa shape index (κ3) is 3.74. The Morgan fingerprint density at radius 1 is 0.556 bits per heavy atom. The third-order valence-electron chi connectivity index (χ3n) is 5.88. The van der Waals surface area contributed by atoms with E-state index in [0.29, 0.717) is 23.0 Å². The molecule has 0 atom stereocenters. The van der Waals surface area contributed by atoms with Crippen molar-refractivity contribution < 1.29 is 28.5 Å². The van der Waals surface area contributed by atoms with Crippen LogP contribution in [0.3, 0.4) is 0 Å². The summed E-state index contributed by atoms with van der Waals surface area (Å²) >= 11 is 0. The fourth-order valence-electron chi connectivity index (χ4n) is 4.13. The molecule has 5 rings (SSSR count). The largest absolute Gasteiger partial charge is 0.497 e. The van der Waals surface area contributed by atoms with Crippen molar-refractivity contribution >= 4 is 22.9 Å². The molecule has 0 aliphatic heterocycles. The lowest BCUT2D eigenvalue weighted by molar-refractivity contribution is 0.0980. The maximum absolute atomic E-state index is 13.5. The van der Waals surface area contributed by atoms with Crippen LogP contribution >= 0.6 is 0 Å². The molecule has 0 saturated carbocycles. The molecule has 36 heavy (non-hydrogen) atoms. The maximum Gasteiger partial charge on any atom is 0.196 e. The van der Waals surface area contributed by atoms with Crippen molar-refractivity contribution in [2.75, 3.05) is 25.7 Å². The molecule has 0 spiro atoms. The molecular formula is C28H22N2O6. The van der Waals surface area contributed by atoms with Crippen molar-refractivity contribution in [3.05, 3.63) is 95.1 Å². The molecule has 0 fully saturated rings. The summed E-state index contributed by atoms with van der Waals surface area (Å²) in [6, 6.07) is 20.2. The first kappa shape index (κ1) is 22.8. The zero-order valence-corrected chi connectivity index (χ0v) is 19.5. The number of rotatable bonds is 6. The van der Waals surface area contributed by atoms with Gasteiger partial charge in [-0.25, -0.2) is 0 Å². The first-order chi connectivity index (χ1) is 17.4. The predicted octanol–water partition coefficient (Wildman–Crippen LogP) is 5.23. The topological polar surface area (TPSA) is 123 Å². The number of benzene rings is 4. The van der Waals surface area contributed by atoms with E-state index in [2.05, 4.69) is 0 Å². The van der Waals surface area contributed by atoms with Crippen molar-refractivity contribution in [2.24, 2.45) is 0 Å². The van der Waals surface area contributed by atoms with Crippen LogP contribution in [-0.2, 0) is 0 Å². The Labute approximate surface area is 207 Å². The van der Waals surface area contributed by atoms with Gasteiger partial charge in [-0.05, 0) is 24.3 Å². The smallest absolute Gasteiger partial charge is 0.196 e. The minimum atomic E-state index is -0.423. The van der Waals surface area contributed by atoms with E-state index in [1.54, 1.807) is 72.8 Å². The van der Waals surface area contributed by atoms with Gasteiger partial charge in [-0.1, -0.05) is 36.4 Å². The predicted molar refractivity (Wildman–Crippen MR) is 135 cm³/mol. The van der Waals surface area contributed by atoms with Gasteiger partial charge in [-0.2, -0.15) is 0 Å². The molecule has 0 amide bonds. The van der Waals surface area contributed by atoms with Crippen molar-refractivity contribution in [1.82, 2.24) is 0 Å². The zero-order valence-electron chi connectivity index (χ0n) is 19.5. The number of hydrogen-bond acceptors (Lipinski definition) is 8. The van der Waals surface area contributed by atoms with Crippen LogP contribution in [0.1, 0.15) is 31.8 Å². The van der Waals surface area contributed by atoms with E-state index in [1.165, 1.54) is 14.2 Å². The number of anilines is 2. The zero-order chi connectivity index (χ0) is 25.4. The van der Waals surface area contributed by atoms with Gasteiger partial charge in [0.05, 0.1) is 36.7 Å². The van der Waals surface area contributed by atoms with E-state index in [1.807, 2.05) is 0 Å². The quantitative estimate of drug-likeness (QED) is 0.316. The SMILES string of the molecule is COc1cccc(Oc2c(N)c3c(c(N)c2Oc2cccc(OC)c2)C(=O)c2ccccc2C3=O)c1. The number of methoxy groups -OCH3 is 2. The summed E-state index contributed by atoms with van der Waals surface area (Å²) in [7, 11) is 3.06. The second-order valence-electron chi connectivity index (χ2n) is 8.00. The molecule has 1 aliphatic rings. The molecule has 4 aromatic rings. The Kier molecular flexibility index (Phi) is 5.69. The fraction of sp³-hybridized carbons (Fsp3) is 0.0714. The van der Waals surface area contributed by atoms with Gasteiger partial charge in [0.25, 0.3) is 0 Å². The molecule has 0 bridgehead atoms. The minimum Gasteiger partial charge on any atom is -0.497 e. The van der Waals surface area contributed by atoms with Crippen LogP contribution in [0.5, 0.6) is 34.5 Å². The number of carbonyl (C=O) groups excluding carboxylic acids is 2. The molecule has 8 nitrogen and oxygen atoms in total. The van der Waals surface area contributed by atoms with Crippen LogP contribution in [0.25, 0.3) is 0 Å². The van der Waals surface area contributed by atoms with E-state index in [4.69, 9.17) is 30.4 Å². The lowest BCUT2D eigenvalue weighted by Gasteiger charge is -2.25. The molecule has 0 unspecified atom stereocenters. The first-order valence-corrected chi connectivity index (χ1v) is 11.0. The average Bonchev–Trinajstić information content (AvgIpc) is 2.91. The lowest BCUT2D eigenvalue weighted by Crippen LogP contribution is -2.24. The van der Waals surface area contributed by atoms with Crippen LogP contribution in [0.15, 0.2) is 72.8 Å². The number of hydrogen-bond donors (Lipinski definition) is 2. The number of carbonyl (C=O) groups is 2. The Balaban J connectivity index is 1.74. The van der Waals surface area contributed by atoms with Crippen LogP contribution in [0, 0.1) is 0 Å². The highest BCUT2D eigenvalue weighted by Gasteiger charge is 2.37. The van der Waals surface area contributed by atoms with Gasteiger partial charge in [-0.3, -0.25) is 9.59 Å². The molecule has 0 heterocycles. The lowest BCUT2D eigenvalue weighted by atomic mass is 9.82. The molecule has 4 aromatic carbocycles. The van der Waals surface area contributed by atoms with Crippen molar-refractivity contribution in [3.63, 3.8) is 0 Å². The van der Waals surface area contributed by atoms with Crippen LogP contribution in [0.2, 0.25) is 0 Å². The average molecular weight is 482 g/mol. The standard InChI is InChI=1S/C28H22N2O6/c1-33-15-7-5-9-17(13-15)35-27-23(29)21-22(26(32)20-12-4-3-11-19(20)25(21)31)24(30)28(27)36-18-10-6-8-16(14-18)34-2/h3-14H,29-30H2,1-2H3. The summed E-state index contributed by atoms with van der Waals surface area (Å²) in [5, 5.41) is 0. The van der Waals surface area contributed by atoms with Gasteiger partial charge in [0.1, 0.15) is 23.0 Å². The highest BCUT2D eigenvalue weighted by Crippen LogP contribution is 2.50. The van der Waals surface area contributed by atoms with Crippen molar-refractivity contribution in [3.8, 4) is 34.5 Å². The number of ketones is 2. The second-order valence-corrected chi connectivity index (χ2v) is 8.00. The highest BCUT2D eigenvalue weighted by molar-refractivity contribution is 6.32. The van der Waals surface area contributed by atoms with Gasteiger partial charge < -0.3 is 30.4 Å². The summed E-state index contributed by atoms with van der Waals surface area (Å²) in [4.78, 5) is 26.9. The Bertz CT molecular complexity index is 1420. The number of ether oxygens (including phenoxy) is 4. The maximum atomic E-state index is 13.5. The molecule has 0 radical (unpaired) electrons. The molecular weight excluding hydrogens is 460 g/mol. The molecule has 180 valence electrons. The van der Waals surface area contributed by atoms with Gasteiger partial charge in [0.15, 0.2) is 23.1 Å². The van der Waals surface area contributed by atoms with Crippen LogP contribution in [-0.4, -0.2) is 25.8 Å². The molecule has 1 aliphatic carbocycles. The molecule has 8 heteroatoms. The minimum absolute atomic E-state index is 0.00264. The summed E-state index contributed by atoms with van der Waals surface area (Å²) in [5.41, 5.74) is 13.4. The molecule has 4 N–H and O–H groups in total. The second kappa shape index (κ2) is 8.99. The van der Waals surface area contributed by atoms with E-state index in [0.717, 1.165) is 0 Å². The van der Waals surface area contributed by atoms with Gasteiger partial charge in [0, 0.05) is 23.3 Å². The van der Waals surface area contributed by atoms with Crippen molar-refractivity contribution in [1.29, 1.82) is 0 Å². The van der Waals surface area contributed by atoms with E-state index < -0.39 is 11.6 Å². The molecule has 0 aromatic heterocycles. The summed E-state index contributed by atoms with van der Waals surface area (Å²) in [5.74, 6) is 0.989. The van der Waals surface area contributed by atoms with E-state index in [-0.39, 0.29) is 45.1 Å². The Morgan fingerprint density at radius 2 is 0.944 bits per heavy atom.